The zero-order valence-corrected chi connectivity index (χ0v) is 16.7. The summed E-state index contributed by atoms with van der Waals surface area (Å²) in [6.07, 6.45) is 0. The van der Waals surface area contributed by atoms with E-state index in [2.05, 4.69) is 5.32 Å². The quantitative estimate of drug-likeness (QED) is 0.795. The van der Waals surface area contributed by atoms with Gasteiger partial charge in [0.25, 0.3) is 5.91 Å². The number of sulfone groups is 1. The van der Waals surface area contributed by atoms with E-state index in [1.54, 1.807) is 6.92 Å². The van der Waals surface area contributed by atoms with Crippen LogP contribution in [0.25, 0.3) is 0 Å². The smallest absolute Gasteiger partial charge is 0.259 e. The summed E-state index contributed by atoms with van der Waals surface area (Å²) < 4.78 is 49.3. The second-order valence-corrected chi connectivity index (χ2v) is 9.33. The van der Waals surface area contributed by atoms with E-state index in [4.69, 9.17) is 9.47 Å². The van der Waals surface area contributed by atoms with Gasteiger partial charge in [-0.05, 0) is 48.9 Å². The Morgan fingerprint density at radius 1 is 1.25 bits per heavy atom. The number of nitrogens with one attached hydrogen (secondary N) is 1. The first kappa shape index (κ1) is 20.3. The lowest BCUT2D eigenvalue weighted by Crippen LogP contribution is -2.45. The Morgan fingerprint density at radius 2 is 1.96 bits per heavy atom. The largest absolute Gasteiger partial charge is 0.496 e. The summed E-state index contributed by atoms with van der Waals surface area (Å²) in [5.41, 5.74) is 0.447. The number of hydrogen-bond acceptors (Lipinski definition) is 5. The standard InChI is InChI=1S/C20H22FNO5S/c1-13-8-14(4-6-17(13)21)22-19(23)16-9-15(5-7-18(16)26-3)28(24,25)12-20(2)10-27-11-20/h4-9H,10-12H2,1-3H3,(H,22,23). The number of rotatable bonds is 6. The molecule has 1 fully saturated rings. The first-order valence-electron chi connectivity index (χ1n) is 8.70. The van der Waals surface area contributed by atoms with E-state index < -0.39 is 21.2 Å². The Hall–Kier alpha value is -2.45. The second-order valence-electron chi connectivity index (χ2n) is 7.34. The van der Waals surface area contributed by atoms with Crippen molar-refractivity contribution in [2.24, 2.45) is 5.41 Å². The average molecular weight is 407 g/mol. The summed E-state index contributed by atoms with van der Waals surface area (Å²) in [4.78, 5) is 12.8. The van der Waals surface area contributed by atoms with E-state index >= 15 is 0 Å². The molecule has 1 heterocycles. The number of aryl methyl sites for hydroxylation is 1. The number of benzene rings is 2. The SMILES string of the molecule is COc1ccc(S(=O)(=O)CC2(C)COC2)cc1C(=O)Nc1ccc(F)c(C)c1. The highest BCUT2D eigenvalue weighted by Crippen LogP contribution is 2.32. The lowest BCUT2D eigenvalue weighted by atomic mass is 9.92. The Kier molecular flexibility index (Phi) is 5.45. The summed E-state index contributed by atoms with van der Waals surface area (Å²) in [6.45, 7) is 4.21. The Balaban J connectivity index is 1.90. The number of ether oxygens (including phenoxy) is 2. The molecule has 0 spiro atoms. The predicted octanol–water partition coefficient (Wildman–Crippen LogP) is 3.21. The number of carbonyl (C=O) groups excluding carboxylic acids is 1. The lowest BCUT2D eigenvalue weighted by Gasteiger charge is -2.37. The molecule has 0 radical (unpaired) electrons. The van der Waals surface area contributed by atoms with Gasteiger partial charge in [0.05, 0.1) is 36.5 Å². The number of halogens is 1. The minimum Gasteiger partial charge on any atom is -0.496 e. The van der Waals surface area contributed by atoms with Gasteiger partial charge in [0.15, 0.2) is 9.84 Å². The monoisotopic (exact) mass is 407 g/mol. The Labute approximate surface area is 163 Å². The molecule has 0 saturated carbocycles. The van der Waals surface area contributed by atoms with Gasteiger partial charge in [0.2, 0.25) is 0 Å². The molecule has 2 aromatic rings. The highest BCUT2D eigenvalue weighted by Gasteiger charge is 2.38. The maximum Gasteiger partial charge on any atom is 0.259 e. The van der Waals surface area contributed by atoms with Crippen LogP contribution in [0.15, 0.2) is 41.3 Å². The highest BCUT2D eigenvalue weighted by molar-refractivity contribution is 7.91. The van der Waals surface area contributed by atoms with Crippen molar-refractivity contribution in [1.29, 1.82) is 0 Å². The van der Waals surface area contributed by atoms with Crippen LogP contribution in [0.4, 0.5) is 10.1 Å². The first-order chi connectivity index (χ1) is 13.1. The molecule has 0 aliphatic carbocycles. The van der Waals surface area contributed by atoms with Crippen molar-refractivity contribution in [1.82, 2.24) is 0 Å². The van der Waals surface area contributed by atoms with Crippen molar-refractivity contribution < 1.29 is 27.1 Å². The molecule has 1 saturated heterocycles. The van der Waals surface area contributed by atoms with Gasteiger partial charge < -0.3 is 14.8 Å². The molecule has 2 aromatic carbocycles. The van der Waals surface area contributed by atoms with E-state index in [0.717, 1.165) is 0 Å². The normalized spacial score (nSPS) is 15.6. The van der Waals surface area contributed by atoms with Gasteiger partial charge in [-0.25, -0.2) is 12.8 Å². The number of methoxy groups -OCH3 is 1. The van der Waals surface area contributed by atoms with Crippen molar-refractivity contribution in [3.05, 3.63) is 53.3 Å². The molecule has 0 bridgehead atoms. The third kappa shape index (κ3) is 4.18. The molecule has 28 heavy (non-hydrogen) atoms. The fraction of sp³-hybridized carbons (Fsp3) is 0.350. The van der Waals surface area contributed by atoms with Crippen molar-refractivity contribution >= 4 is 21.4 Å². The molecule has 8 heteroatoms. The maximum atomic E-state index is 13.4. The van der Waals surface area contributed by atoms with Crippen LogP contribution in [0.1, 0.15) is 22.8 Å². The van der Waals surface area contributed by atoms with Crippen molar-refractivity contribution in [2.45, 2.75) is 18.7 Å². The zero-order chi connectivity index (χ0) is 20.5. The fourth-order valence-corrected chi connectivity index (χ4v) is 4.88. The van der Waals surface area contributed by atoms with Gasteiger partial charge in [0.1, 0.15) is 11.6 Å². The molecule has 3 rings (SSSR count). The molecule has 0 aromatic heterocycles. The second kappa shape index (κ2) is 7.52. The molecule has 1 amide bonds. The van der Waals surface area contributed by atoms with Crippen LogP contribution in [0, 0.1) is 18.2 Å². The van der Waals surface area contributed by atoms with E-state index in [9.17, 15) is 17.6 Å². The van der Waals surface area contributed by atoms with Crippen molar-refractivity contribution in [3.8, 4) is 5.75 Å². The predicted molar refractivity (Wildman–Crippen MR) is 103 cm³/mol. The van der Waals surface area contributed by atoms with Crippen LogP contribution in [0.2, 0.25) is 0 Å². The minimum atomic E-state index is -3.61. The molecule has 6 nitrogen and oxygen atoms in total. The van der Waals surface area contributed by atoms with E-state index in [1.807, 2.05) is 6.92 Å². The van der Waals surface area contributed by atoms with Gasteiger partial charge in [-0.1, -0.05) is 6.92 Å². The summed E-state index contributed by atoms with van der Waals surface area (Å²) in [5, 5.41) is 2.65. The van der Waals surface area contributed by atoms with E-state index in [-0.39, 0.29) is 27.8 Å². The Morgan fingerprint density at radius 3 is 2.54 bits per heavy atom. The third-order valence-electron chi connectivity index (χ3n) is 4.63. The van der Waals surface area contributed by atoms with Crippen LogP contribution in [0.5, 0.6) is 5.75 Å². The molecule has 0 unspecified atom stereocenters. The highest BCUT2D eigenvalue weighted by atomic mass is 32.2. The van der Waals surface area contributed by atoms with E-state index in [0.29, 0.717) is 24.5 Å². The summed E-state index contributed by atoms with van der Waals surface area (Å²) >= 11 is 0. The number of anilines is 1. The number of amides is 1. The first-order valence-corrected chi connectivity index (χ1v) is 10.3. The molecule has 1 aliphatic heterocycles. The van der Waals surface area contributed by atoms with Gasteiger partial charge in [-0.15, -0.1) is 0 Å². The average Bonchev–Trinajstić information content (AvgIpc) is 2.62. The van der Waals surface area contributed by atoms with Gasteiger partial charge in [0, 0.05) is 11.1 Å². The van der Waals surface area contributed by atoms with Crippen LogP contribution in [-0.2, 0) is 14.6 Å². The third-order valence-corrected chi connectivity index (χ3v) is 6.68. The van der Waals surface area contributed by atoms with Crippen molar-refractivity contribution in [2.75, 3.05) is 31.4 Å². The summed E-state index contributed by atoms with van der Waals surface area (Å²) in [5.74, 6) is -0.742. The topological polar surface area (TPSA) is 81.7 Å². The van der Waals surface area contributed by atoms with Gasteiger partial charge in [-0.3, -0.25) is 4.79 Å². The van der Waals surface area contributed by atoms with Crippen LogP contribution in [0.3, 0.4) is 0 Å². The summed E-state index contributed by atoms with van der Waals surface area (Å²) in [6, 6.07) is 8.38. The molecule has 0 atom stereocenters. The molecule has 1 aliphatic rings. The van der Waals surface area contributed by atoms with Crippen LogP contribution in [-0.4, -0.2) is 40.4 Å². The molecular weight excluding hydrogens is 385 g/mol. The van der Waals surface area contributed by atoms with Crippen LogP contribution >= 0.6 is 0 Å². The maximum absolute atomic E-state index is 13.4. The Bertz CT molecular complexity index is 1020. The minimum absolute atomic E-state index is 0.0434. The fourth-order valence-electron chi connectivity index (χ4n) is 3.05. The zero-order valence-electron chi connectivity index (χ0n) is 15.9. The van der Waals surface area contributed by atoms with Gasteiger partial charge >= 0.3 is 0 Å². The van der Waals surface area contributed by atoms with Crippen molar-refractivity contribution in [3.63, 3.8) is 0 Å². The lowest BCUT2D eigenvalue weighted by molar-refractivity contribution is -0.0870. The molecular formula is C20H22FNO5S. The molecule has 150 valence electrons. The van der Waals surface area contributed by atoms with E-state index in [1.165, 1.54) is 43.5 Å². The van der Waals surface area contributed by atoms with Gasteiger partial charge in [-0.2, -0.15) is 0 Å². The number of carbonyl (C=O) groups is 1. The summed E-state index contributed by atoms with van der Waals surface area (Å²) in [7, 11) is -2.21. The molecule has 1 N–H and O–H groups in total. The number of hydrogen-bond donors (Lipinski definition) is 1. The van der Waals surface area contributed by atoms with Crippen LogP contribution < -0.4 is 10.1 Å².